The van der Waals surface area contributed by atoms with E-state index in [0.29, 0.717) is 6.04 Å². The summed E-state index contributed by atoms with van der Waals surface area (Å²) < 4.78 is 0. The van der Waals surface area contributed by atoms with Gasteiger partial charge in [0.1, 0.15) is 0 Å². The van der Waals surface area contributed by atoms with Crippen LogP contribution < -0.4 is 5.73 Å². The lowest BCUT2D eigenvalue weighted by atomic mass is 9.81. The van der Waals surface area contributed by atoms with Crippen LogP contribution in [0.15, 0.2) is 4.99 Å². The highest BCUT2D eigenvalue weighted by Crippen LogP contribution is 2.42. The molecular weight excluding hydrogens is 260 g/mol. The Kier molecular flexibility index (Phi) is 3.60. The van der Waals surface area contributed by atoms with Crippen molar-refractivity contribution in [3.63, 3.8) is 0 Å². The molecule has 2 unspecified atom stereocenters. The number of piperidine rings is 1. The van der Waals surface area contributed by atoms with E-state index in [4.69, 9.17) is 10.7 Å². The molecule has 2 saturated heterocycles. The summed E-state index contributed by atoms with van der Waals surface area (Å²) in [6.07, 6.45) is 13.6. The largest absolute Gasteiger partial charge is 0.370 e. The first-order valence-corrected chi connectivity index (χ1v) is 9.12. The van der Waals surface area contributed by atoms with E-state index in [0.717, 1.165) is 18.5 Å². The second-order valence-corrected chi connectivity index (χ2v) is 7.70. The fourth-order valence-corrected chi connectivity index (χ4v) is 5.39. The Labute approximate surface area is 128 Å². The van der Waals surface area contributed by atoms with Crippen molar-refractivity contribution in [1.29, 1.82) is 0 Å². The third kappa shape index (κ3) is 2.36. The molecule has 3 aliphatic heterocycles. The van der Waals surface area contributed by atoms with Gasteiger partial charge in [-0.2, -0.15) is 0 Å². The predicted octanol–water partition coefficient (Wildman–Crippen LogP) is 2.34. The topological polar surface area (TPSA) is 44.9 Å². The average molecular weight is 290 g/mol. The van der Waals surface area contributed by atoms with Crippen LogP contribution in [0.5, 0.6) is 0 Å². The lowest BCUT2D eigenvalue weighted by Crippen LogP contribution is -2.61. The van der Waals surface area contributed by atoms with E-state index >= 15 is 0 Å². The Bertz CT molecular complexity index is 413. The van der Waals surface area contributed by atoms with Gasteiger partial charge in [0.2, 0.25) is 0 Å². The van der Waals surface area contributed by atoms with Crippen LogP contribution in [-0.2, 0) is 0 Å². The van der Waals surface area contributed by atoms with E-state index in [1.165, 1.54) is 77.3 Å². The molecular formula is C17H30N4. The molecule has 2 N–H and O–H groups in total. The summed E-state index contributed by atoms with van der Waals surface area (Å²) in [4.78, 5) is 10.0. The monoisotopic (exact) mass is 290 g/mol. The first kappa shape index (κ1) is 13.9. The summed E-state index contributed by atoms with van der Waals surface area (Å²) in [7, 11) is 0. The number of hydrogen-bond acceptors (Lipinski definition) is 4. The van der Waals surface area contributed by atoms with E-state index in [1.807, 2.05) is 0 Å². The van der Waals surface area contributed by atoms with Gasteiger partial charge in [0.15, 0.2) is 5.96 Å². The van der Waals surface area contributed by atoms with Gasteiger partial charge in [0.05, 0.1) is 12.1 Å². The minimum atomic E-state index is 0.268. The van der Waals surface area contributed by atoms with E-state index < -0.39 is 0 Å². The van der Waals surface area contributed by atoms with Gasteiger partial charge >= 0.3 is 0 Å². The van der Waals surface area contributed by atoms with Gasteiger partial charge in [-0.1, -0.05) is 25.7 Å². The molecule has 4 heteroatoms. The Balaban J connectivity index is 1.56. The highest BCUT2D eigenvalue weighted by atomic mass is 15.4. The van der Waals surface area contributed by atoms with Gasteiger partial charge in [-0.05, 0) is 45.1 Å². The number of fused-ring (bicyclic) bond motifs is 1. The Morgan fingerprint density at radius 1 is 0.952 bits per heavy atom. The van der Waals surface area contributed by atoms with Crippen LogP contribution in [-0.4, -0.2) is 53.0 Å². The first-order valence-electron chi connectivity index (χ1n) is 9.12. The minimum Gasteiger partial charge on any atom is -0.370 e. The first-order chi connectivity index (χ1) is 10.3. The molecule has 0 radical (unpaired) electrons. The molecule has 4 aliphatic rings. The van der Waals surface area contributed by atoms with Crippen molar-refractivity contribution in [3.05, 3.63) is 0 Å². The number of nitrogens with two attached hydrogens (primary N) is 1. The summed E-state index contributed by atoms with van der Waals surface area (Å²) >= 11 is 0. The number of aliphatic imine (C=N–C) groups is 1. The van der Waals surface area contributed by atoms with E-state index in [9.17, 15) is 0 Å². The summed E-state index contributed by atoms with van der Waals surface area (Å²) in [5.74, 6) is 0.855. The fourth-order valence-electron chi connectivity index (χ4n) is 5.39. The zero-order valence-corrected chi connectivity index (χ0v) is 13.3. The summed E-state index contributed by atoms with van der Waals surface area (Å²) in [5, 5.41) is 0. The maximum absolute atomic E-state index is 6.37. The summed E-state index contributed by atoms with van der Waals surface area (Å²) in [5.41, 5.74) is 6.63. The van der Waals surface area contributed by atoms with Crippen LogP contribution in [0.25, 0.3) is 0 Å². The molecule has 21 heavy (non-hydrogen) atoms. The van der Waals surface area contributed by atoms with Crippen LogP contribution in [0.3, 0.4) is 0 Å². The molecule has 3 fully saturated rings. The molecule has 0 aromatic carbocycles. The SMILES string of the molecule is NC1=NCC2(CCN3CCCC3C2)N1C1CCCCCC1. The zero-order valence-electron chi connectivity index (χ0n) is 13.3. The fraction of sp³-hybridized carbons (Fsp3) is 0.941. The van der Waals surface area contributed by atoms with Crippen LogP contribution in [0, 0.1) is 0 Å². The van der Waals surface area contributed by atoms with Gasteiger partial charge < -0.3 is 15.5 Å². The average Bonchev–Trinajstić information content (AvgIpc) is 2.96. The predicted molar refractivity (Wildman–Crippen MR) is 86.4 cm³/mol. The van der Waals surface area contributed by atoms with Gasteiger partial charge in [0.25, 0.3) is 0 Å². The van der Waals surface area contributed by atoms with Crippen molar-refractivity contribution in [2.24, 2.45) is 10.7 Å². The third-order valence-corrected chi connectivity index (χ3v) is 6.46. The zero-order chi connectivity index (χ0) is 14.3. The lowest BCUT2D eigenvalue weighted by molar-refractivity contribution is 0.0382. The van der Waals surface area contributed by atoms with Crippen molar-refractivity contribution >= 4 is 5.96 Å². The van der Waals surface area contributed by atoms with Crippen molar-refractivity contribution in [2.75, 3.05) is 19.6 Å². The van der Waals surface area contributed by atoms with E-state index in [1.54, 1.807) is 0 Å². The van der Waals surface area contributed by atoms with E-state index in [-0.39, 0.29) is 5.54 Å². The molecule has 0 bridgehead atoms. The minimum absolute atomic E-state index is 0.268. The molecule has 4 rings (SSSR count). The second kappa shape index (κ2) is 5.45. The second-order valence-electron chi connectivity index (χ2n) is 7.70. The quantitative estimate of drug-likeness (QED) is 0.754. The molecule has 1 saturated carbocycles. The normalized spacial score (nSPS) is 38.6. The Morgan fingerprint density at radius 3 is 2.52 bits per heavy atom. The van der Waals surface area contributed by atoms with E-state index in [2.05, 4.69) is 9.80 Å². The molecule has 3 heterocycles. The van der Waals surface area contributed by atoms with Crippen LogP contribution in [0.2, 0.25) is 0 Å². The number of hydrogen-bond donors (Lipinski definition) is 1. The smallest absolute Gasteiger partial charge is 0.192 e. The number of nitrogens with zero attached hydrogens (tertiary/aromatic N) is 3. The van der Waals surface area contributed by atoms with Gasteiger partial charge in [-0.3, -0.25) is 4.99 Å². The number of rotatable bonds is 1. The van der Waals surface area contributed by atoms with Gasteiger partial charge in [-0.15, -0.1) is 0 Å². The van der Waals surface area contributed by atoms with Crippen molar-refractivity contribution in [3.8, 4) is 0 Å². The molecule has 1 spiro atoms. The molecule has 0 aromatic rings. The highest BCUT2D eigenvalue weighted by molar-refractivity contribution is 5.81. The maximum Gasteiger partial charge on any atom is 0.192 e. The van der Waals surface area contributed by atoms with Crippen molar-refractivity contribution in [1.82, 2.24) is 9.80 Å². The Morgan fingerprint density at radius 2 is 1.71 bits per heavy atom. The lowest BCUT2D eigenvalue weighted by Gasteiger charge is -2.50. The molecule has 1 aliphatic carbocycles. The number of guanidine groups is 1. The van der Waals surface area contributed by atoms with Crippen LogP contribution in [0.4, 0.5) is 0 Å². The summed E-state index contributed by atoms with van der Waals surface area (Å²) in [6, 6.07) is 1.46. The Hall–Kier alpha value is -0.770. The van der Waals surface area contributed by atoms with Crippen LogP contribution in [0.1, 0.15) is 64.2 Å². The molecule has 0 amide bonds. The molecule has 2 atom stereocenters. The molecule has 118 valence electrons. The van der Waals surface area contributed by atoms with Gasteiger partial charge in [0, 0.05) is 18.6 Å². The van der Waals surface area contributed by atoms with Gasteiger partial charge in [-0.25, -0.2) is 0 Å². The van der Waals surface area contributed by atoms with Crippen molar-refractivity contribution in [2.45, 2.75) is 81.8 Å². The molecule has 0 aromatic heterocycles. The third-order valence-electron chi connectivity index (χ3n) is 6.46. The maximum atomic E-state index is 6.37. The van der Waals surface area contributed by atoms with Crippen molar-refractivity contribution < 1.29 is 0 Å². The summed E-state index contributed by atoms with van der Waals surface area (Å²) in [6.45, 7) is 3.54. The molecule has 4 nitrogen and oxygen atoms in total. The highest BCUT2D eigenvalue weighted by Gasteiger charge is 2.50. The standard InChI is InChI=1S/C17H30N4/c18-16-19-13-17(9-11-20-10-5-8-15(20)12-17)21(16)14-6-3-1-2-4-7-14/h14-15H,1-13H2,(H2,18,19). The van der Waals surface area contributed by atoms with Crippen LogP contribution >= 0.6 is 0 Å².